The molecule has 2 atom stereocenters. The van der Waals surface area contributed by atoms with Gasteiger partial charge in [0.05, 0.1) is 19.0 Å². The Labute approximate surface area is 195 Å². The van der Waals surface area contributed by atoms with Crippen molar-refractivity contribution in [1.82, 2.24) is 19.5 Å². The summed E-state index contributed by atoms with van der Waals surface area (Å²) >= 11 is 0. The molecule has 2 aromatic heterocycles. The Kier molecular flexibility index (Phi) is 4.97. The first-order valence-electron chi connectivity index (χ1n) is 11.3. The van der Waals surface area contributed by atoms with Crippen LogP contribution in [0, 0.1) is 10.8 Å². The lowest BCUT2D eigenvalue weighted by Gasteiger charge is -2.39. The van der Waals surface area contributed by atoms with Crippen molar-refractivity contribution in [3.63, 3.8) is 0 Å². The zero-order valence-electron chi connectivity index (χ0n) is 19.6. The Balaban J connectivity index is 1.62. The maximum absolute atomic E-state index is 14.0. The van der Waals surface area contributed by atoms with Crippen LogP contribution in [-0.4, -0.2) is 45.1 Å². The van der Waals surface area contributed by atoms with Gasteiger partial charge < -0.3 is 9.64 Å². The van der Waals surface area contributed by atoms with Gasteiger partial charge in [0.15, 0.2) is 11.3 Å². The van der Waals surface area contributed by atoms with Gasteiger partial charge in [-0.3, -0.25) is 4.79 Å². The molecule has 3 aromatic rings. The van der Waals surface area contributed by atoms with Crippen LogP contribution in [0.1, 0.15) is 56.1 Å². The lowest BCUT2D eigenvalue weighted by molar-refractivity contribution is -0.142. The molecular weight excluding hydrogens is 445 g/mol. The number of hydrogen-bond acceptors (Lipinski definition) is 4. The van der Waals surface area contributed by atoms with E-state index in [0.29, 0.717) is 17.9 Å². The number of nitrogens with zero attached hydrogens (tertiary/aromatic N) is 4. The largest absolute Gasteiger partial charge is 0.497 e. The zero-order valence-corrected chi connectivity index (χ0v) is 19.6. The van der Waals surface area contributed by atoms with Crippen LogP contribution in [0.2, 0.25) is 0 Å². The van der Waals surface area contributed by atoms with E-state index in [1.807, 2.05) is 4.90 Å². The maximum atomic E-state index is 14.0. The van der Waals surface area contributed by atoms with E-state index in [1.54, 1.807) is 24.3 Å². The Morgan fingerprint density at radius 1 is 1.18 bits per heavy atom. The van der Waals surface area contributed by atoms with E-state index in [9.17, 15) is 18.0 Å². The van der Waals surface area contributed by atoms with Gasteiger partial charge >= 0.3 is 6.18 Å². The van der Waals surface area contributed by atoms with Crippen molar-refractivity contribution in [1.29, 1.82) is 0 Å². The summed E-state index contributed by atoms with van der Waals surface area (Å²) in [5.74, 6) is 0.183. The first-order chi connectivity index (χ1) is 15.9. The molecule has 0 spiro atoms. The molecular formula is C25H27F3N4O2. The molecule has 34 heavy (non-hydrogen) atoms. The average Bonchev–Trinajstić information content (AvgIpc) is 3.28. The first kappa shape index (κ1) is 22.7. The van der Waals surface area contributed by atoms with E-state index < -0.39 is 11.9 Å². The molecule has 1 aliphatic carbocycles. The molecule has 0 radical (unpaired) electrons. The van der Waals surface area contributed by atoms with Gasteiger partial charge in [0.2, 0.25) is 0 Å². The lowest BCUT2D eigenvalue weighted by Crippen LogP contribution is -2.37. The molecule has 9 heteroatoms. The molecule has 0 N–H and O–H groups in total. The van der Waals surface area contributed by atoms with Crippen LogP contribution in [0.25, 0.3) is 16.9 Å². The molecule has 0 unspecified atom stereocenters. The Hall–Kier alpha value is -3.10. The van der Waals surface area contributed by atoms with Crippen LogP contribution < -0.4 is 4.74 Å². The third-order valence-corrected chi connectivity index (χ3v) is 7.03. The number of rotatable bonds is 3. The van der Waals surface area contributed by atoms with E-state index in [0.717, 1.165) is 29.8 Å². The second-order valence-electron chi connectivity index (χ2n) is 10.7. The summed E-state index contributed by atoms with van der Waals surface area (Å²) in [6.45, 7) is 7.18. The molecule has 5 rings (SSSR count). The molecule has 1 amide bonds. The maximum Gasteiger partial charge on any atom is 0.433 e. The quantitative estimate of drug-likeness (QED) is 0.508. The number of aromatic nitrogens is 3. The molecule has 1 saturated heterocycles. The number of likely N-dealkylation sites (tertiary alicyclic amines) is 1. The molecule has 180 valence electrons. The molecule has 3 heterocycles. The number of methoxy groups -OCH3 is 1. The summed E-state index contributed by atoms with van der Waals surface area (Å²) in [6, 6.07) is 7.67. The van der Waals surface area contributed by atoms with Crippen LogP contribution in [0.5, 0.6) is 5.75 Å². The fraction of sp³-hybridized carbons (Fsp3) is 0.480. The summed E-state index contributed by atoms with van der Waals surface area (Å²) in [7, 11) is 1.48. The van der Waals surface area contributed by atoms with E-state index in [-0.39, 0.29) is 39.7 Å². The first-order valence-corrected chi connectivity index (χ1v) is 11.3. The van der Waals surface area contributed by atoms with Gasteiger partial charge in [-0.15, -0.1) is 0 Å². The topological polar surface area (TPSA) is 59.7 Å². The number of halogens is 3. The van der Waals surface area contributed by atoms with Crippen LogP contribution >= 0.6 is 0 Å². The minimum atomic E-state index is -4.68. The highest BCUT2D eigenvalue weighted by Crippen LogP contribution is 2.52. The number of alkyl halides is 3. The van der Waals surface area contributed by atoms with E-state index >= 15 is 0 Å². The fourth-order valence-corrected chi connectivity index (χ4v) is 6.10. The highest BCUT2D eigenvalue weighted by atomic mass is 19.4. The second kappa shape index (κ2) is 7.45. The van der Waals surface area contributed by atoms with Gasteiger partial charge in [-0.05, 0) is 48.3 Å². The Morgan fingerprint density at radius 3 is 2.65 bits per heavy atom. The summed E-state index contributed by atoms with van der Waals surface area (Å²) in [5, 5.41) is 3.94. The van der Waals surface area contributed by atoms with Crippen LogP contribution in [0.4, 0.5) is 13.2 Å². The van der Waals surface area contributed by atoms with E-state index in [4.69, 9.17) is 4.74 Å². The standard InChI is InChI=1S/C25H27F3N4O2/c1-23(2)10-16-11-24(3,13-23)14-31(16)22(33)18-12-29-32-20(25(26,27)28)9-19(30-21(18)32)15-6-5-7-17(8-15)34-4/h5-9,12,16H,10-11,13-14H2,1-4H3/t16-,24+/m1/s1. The average molecular weight is 473 g/mol. The molecule has 1 aromatic carbocycles. The molecule has 2 aliphatic rings. The predicted octanol–water partition coefficient (Wildman–Crippen LogP) is 5.46. The number of carbonyl (C=O) groups excluding carboxylic acids is 1. The normalized spacial score (nSPS) is 24.0. The van der Waals surface area contributed by atoms with Crippen molar-refractivity contribution in [2.24, 2.45) is 10.8 Å². The summed E-state index contributed by atoms with van der Waals surface area (Å²) in [5.41, 5.74) is -0.328. The monoisotopic (exact) mass is 472 g/mol. The van der Waals surface area contributed by atoms with Crippen molar-refractivity contribution in [2.75, 3.05) is 13.7 Å². The minimum Gasteiger partial charge on any atom is -0.497 e. The van der Waals surface area contributed by atoms with Gasteiger partial charge in [0.1, 0.15) is 11.3 Å². The van der Waals surface area contributed by atoms with Gasteiger partial charge in [0, 0.05) is 18.2 Å². The van der Waals surface area contributed by atoms with Gasteiger partial charge in [-0.25, -0.2) is 9.50 Å². The molecule has 2 fully saturated rings. The molecule has 2 bridgehead atoms. The van der Waals surface area contributed by atoms with Gasteiger partial charge in [-0.2, -0.15) is 18.3 Å². The third-order valence-electron chi connectivity index (χ3n) is 7.03. The lowest BCUT2D eigenvalue weighted by atomic mass is 9.65. The van der Waals surface area contributed by atoms with Crippen molar-refractivity contribution in [3.8, 4) is 17.0 Å². The molecule has 1 saturated carbocycles. The number of amides is 1. The zero-order chi connectivity index (χ0) is 24.5. The van der Waals surface area contributed by atoms with Gasteiger partial charge in [-0.1, -0.05) is 32.9 Å². The Morgan fingerprint density at radius 2 is 1.94 bits per heavy atom. The smallest absolute Gasteiger partial charge is 0.433 e. The number of benzene rings is 1. The van der Waals surface area contributed by atoms with Crippen LogP contribution in [0.15, 0.2) is 36.5 Å². The van der Waals surface area contributed by atoms with E-state index in [2.05, 4.69) is 30.9 Å². The summed E-state index contributed by atoms with van der Waals surface area (Å²) < 4.78 is 47.9. The number of hydrogen-bond donors (Lipinski definition) is 0. The van der Waals surface area contributed by atoms with Crippen molar-refractivity contribution < 1.29 is 22.7 Å². The molecule has 6 nitrogen and oxygen atoms in total. The van der Waals surface area contributed by atoms with Gasteiger partial charge in [0.25, 0.3) is 5.91 Å². The Bertz CT molecular complexity index is 1280. The number of carbonyl (C=O) groups is 1. The third kappa shape index (κ3) is 3.80. The van der Waals surface area contributed by atoms with Crippen molar-refractivity contribution >= 4 is 11.6 Å². The summed E-state index contributed by atoms with van der Waals surface area (Å²) in [6.07, 6.45) is -0.694. The van der Waals surface area contributed by atoms with Crippen molar-refractivity contribution in [2.45, 2.75) is 52.3 Å². The predicted molar refractivity (Wildman–Crippen MR) is 121 cm³/mol. The van der Waals surface area contributed by atoms with E-state index in [1.165, 1.54) is 13.3 Å². The van der Waals surface area contributed by atoms with Crippen LogP contribution in [-0.2, 0) is 6.18 Å². The number of fused-ring (bicyclic) bond motifs is 3. The SMILES string of the molecule is COc1cccc(-c2cc(C(F)(F)F)n3ncc(C(=O)N4C[C@@]5(C)C[C@H]4CC(C)(C)C5)c3n2)c1. The van der Waals surface area contributed by atoms with Crippen LogP contribution in [0.3, 0.4) is 0 Å². The highest BCUT2D eigenvalue weighted by molar-refractivity contribution is 6.00. The number of ether oxygens (including phenoxy) is 1. The minimum absolute atomic E-state index is 0.00134. The van der Waals surface area contributed by atoms with Crippen molar-refractivity contribution in [3.05, 3.63) is 47.8 Å². The summed E-state index contributed by atoms with van der Waals surface area (Å²) in [4.78, 5) is 20.0. The second-order valence-corrected chi connectivity index (χ2v) is 10.7. The fourth-order valence-electron chi connectivity index (χ4n) is 6.10. The molecule has 1 aliphatic heterocycles. The highest BCUT2D eigenvalue weighted by Gasteiger charge is 2.51.